The van der Waals surface area contributed by atoms with Gasteiger partial charge in [-0.3, -0.25) is 0 Å². The number of benzene rings is 1. The van der Waals surface area contributed by atoms with Crippen molar-refractivity contribution < 1.29 is 14.2 Å². The number of methoxy groups -OCH3 is 1. The molecule has 3 rings (SSSR count). The summed E-state index contributed by atoms with van der Waals surface area (Å²) in [5.74, 6) is 0.123. The average Bonchev–Trinajstić information content (AvgIpc) is 2.40. The third kappa shape index (κ3) is 2.21. The number of halogens is 1. The van der Waals surface area contributed by atoms with E-state index in [-0.39, 0.29) is 5.82 Å². The summed E-state index contributed by atoms with van der Waals surface area (Å²) in [6, 6.07) is 5.48. The topological polar surface area (TPSA) is 32.7 Å². The second-order valence-corrected chi connectivity index (χ2v) is 6.19. The molecule has 0 radical (unpaired) electrons. The molecule has 2 bridgehead atoms. The van der Waals surface area contributed by atoms with Crippen molar-refractivity contribution in [2.24, 2.45) is 0 Å². The van der Waals surface area contributed by atoms with E-state index >= 15 is 0 Å². The molecule has 4 heteroatoms. The van der Waals surface area contributed by atoms with Crippen molar-refractivity contribution in [3.63, 3.8) is 0 Å². The van der Waals surface area contributed by atoms with E-state index in [1.54, 1.807) is 12.1 Å². The van der Waals surface area contributed by atoms with Gasteiger partial charge in [-0.05, 0) is 44.9 Å². The minimum atomic E-state index is -1.04. The van der Waals surface area contributed by atoms with Gasteiger partial charge in [0.1, 0.15) is 11.6 Å². The number of hydrogen-bond acceptors (Lipinski definition) is 3. The van der Waals surface area contributed by atoms with Gasteiger partial charge in [-0.15, -0.1) is 0 Å². The van der Waals surface area contributed by atoms with Gasteiger partial charge in [-0.1, -0.05) is 6.42 Å². The molecule has 0 aliphatic carbocycles. The number of hydrogen-bond donors (Lipinski definition) is 1. The van der Waals surface area contributed by atoms with E-state index in [2.05, 4.69) is 11.9 Å². The number of nitrogens with zero attached hydrogens (tertiary/aromatic N) is 1. The second kappa shape index (κ2) is 5.01. The summed E-state index contributed by atoms with van der Waals surface area (Å²) in [6.07, 6.45) is 4.62. The molecule has 1 aromatic carbocycles. The van der Waals surface area contributed by atoms with Crippen LogP contribution in [0.3, 0.4) is 0 Å². The van der Waals surface area contributed by atoms with Crippen molar-refractivity contribution >= 4 is 0 Å². The first-order chi connectivity index (χ1) is 9.53. The normalized spacial score (nSPS) is 34.0. The highest BCUT2D eigenvalue weighted by atomic mass is 19.1. The molecule has 2 saturated heterocycles. The van der Waals surface area contributed by atoms with E-state index in [1.165, 1.54) is 19.6 Å². The third-order valence-electron chi connectivity index (χ3n) is 5.05. The quantitative estimate of drug-likeness (QED) is 0.903. The highest BCUT2D eigenvalue weighted by Gasteiger charge is 2.45. The van der Waals surface area contributed by atoms with Gasteiger partial charge < -0.3 is 14.7 Å². The Morgan fingerprint density at radius 1 is 1.30 bits per heavy atom. The van der Waals surface area contributed by atoms with Gasteiger partial charge in [-0.2, -0.15) is 0 Å². The minimum Gasteiger partial charge on any atom is -0.497 e. The summed E-state index contributed by atoms with van der Waals surface area (Å²) >= 11 is 0. The fourth-order valence-electron chi connectivity index (χ4n) is 3.87. The van der Waals surface area contributed by atoms with Crippen LogP contribution in [0.4, 0.5) is 4.39 Å². The first kappa shape index (κ1) is 13.8. The lowest BCUT2D eigenvalue weighted by molar-refractivity contribution is -0.0891. The number of rotatable bonds is 2. The number of aliphatic hydroxyl groups is 1. The van der Waals surface area contributed by atoms with Crippen molar-refractivity contribution in [1.29, 1.82) is 0 Å². The molecule has 0 spiro atoms. The zero-order chi connectivity index (χ0) is 14.3. The lowest BCUT2D eigenvalue weighted by Gasteiger charge is -2.50. The monoisotopic (exact) mass is 279 g/mol. The maximum atomic E-state index is 14.3. The Morgan fingerprint density at radius 2 is 1.95 bits per heavy atom. The zero-order valence-electron chi connectivity index (χ0n) is 12.1. The van der Waals surface area contributed by atoms with Crippen LogP contribution < -0.4 is 4.74 Å². The molecule has 2 atom stereocenters. The molecule has 110 valence electrons. The standard InChI is InChI=1S/C16H22FNO2/c1-18-11-4-3-5-12(18)10-16(19,9-11)14-7-6-13(20-2)8-15(14)17/h6-8,11-12,19H,3-5,9-10H2,1-2H3. The van der Waals surface area contributed by atoms with E-state index in [0.29, 0.717) is 36.2 Å². The van der Waals surface area contributed by atoms with Gasteiger partial charge in [0.25, 0.3) is 0 Å². The van der Waals surface area contributed by atoms with Gasteiger partial charge in [-0.25, -0.2) is 4.39 Å². The zero-order valence-corrected chi connectivity index (χ0v) is 12.1. The molecule has 0 saturated carbocycles. The Balaban J connectivity index is 1.93. The summed E-state index contributed by atoms with van der Waals surface area (Å²) in [5.41, 5.74) is -0.623. The molecule has 2 aliphatic heterocycles. The average molecular weight is 279 g/mol. The van der Waals surface area contributed by atoms with Gasteiger partial charge >= 0.3 is 0 Å². The molecule has 2 aliphatic rings. The van der Waals surface area contributed by atoms with Crippen LogP contribution in [-0.4, -0.2) is 36.2 Å². The number of ether oxygens (including phenoxy) is 1. The highest BCUT2D eigenvalue weighted by molar-refractivity contribution is 5.33. The Morgan fingerprint density at radius 3 is 2.50 bits per heavy atom. The Labute approximate surface area is 119 Å². The Hall–Kier alpha value is -1.13. The molecule has 0 amide bonds. The van der Waals surface area contributed by atoms with Gasteiger partial charge in [0.05, 0.1) is 12.7 Å². The van der Waals surface area contributed by atoms with E-state index in [9.17, 15) is 9.50 Å². The van der Waals surface area contributed by atoms with Crippen molar-refractivity contribution in [3.8, 4) is 5.75 Å². The summed E-state index contributed by atoms with van der Waals surface area (Å²) in [6.45, 7) is 0. The van der Waals surface area contributed by atoms with Gasteiger partial charge in [0.15, 0.2) is 0 Å². The van der Waals surface area contributed by atoms with Crippen LogP contribution in [0.5, 0.6) is 5.75 Å². The van der Waals surface area contributed by atoms with Crippen LogP contribution in [0.25, 0.3) is 0 Å². The minimum absolute atomic E-state index is 0.356. The van der Waals surface area contributed by atoms with E-state index in [4.69, 9.17) is 4.74 Å². The smallest absolute Gasteiger partial charge is 0.132 e. The summed E-state index contributed by atoms with van der Waals surface area (Å²) in [5, 5.41) is 11.0. The molecule has 1 aromatic rings. The Kier molecular flexibility index (Phi) is 3.46. The van der Waals surface area contributed by atoms with Crippen LogP contribution in [0.15, 0.2) is 18.2 Å². The van der Waals surface area contributed by atoms with Crippen LogP contribution in [0.1, 0.15) is 37.7 Å². The van der Waals surface area contributed by atoms with Crippen molar-refractivity contribution in [3.05, 3.63) is 29.6 Å². The molecule has 20 heavy (non-hydrogen) atoms. The van der Waals surface area contributed by atoms with Crippen molar-refractivity contribution in [1.82, 2.24) is 4.90 Å². The molecule has 2 heterocycles. The molecular weight excluding hydrogens is 257 g/mol. The van der Waals surface area contributed by atoms with Crippen molar-refractivity contribution in [2.75, 3.05) is 14.2 Å². The third-order valence-corrected chi connectivity index (χ3v) is 5.05. The summed E-state index contributed by atoms with van der Waals surface area (Å²) < 4.78 is 19.3. The lowest BCUT2D eigenvalue weighted by Crippen LogP contribution is -2.55. The Bertz CT molecular complexity index is 491. The van der Waals surface area contributed by atoms with Crippen LogP contribution in [0.2, 0.25) is 0 Å². The predicted molar refractivity (Wildman–Crippen MR) is 75.3 cm³/mol. The first-order valence-corrected chi connectivity index (χ1v) is 7.32. The summed E-state index contributed by atoms with van der Waals surface area (Å²) in [4.78, 5) is 2.36. The number of fused-ring (bicyclic) bond motifs is 2. The fourth-order valence-corrected chi connectivity index (χ4v) is 3.87. The molecule has 3 nitrogen and oxygen atoms in total. The van der Waals surface area contributed by atoms with Gasteiger partial charge in [0.2, 0.25) is 0 Å². The molecule has 1 N–H and O–H groups in total. The first-order valence-electron chi connectivity index (χ1n) is 7.32. The molecular formula is C16H22FNO2. The van der Waals surface area contributed by atoms with Crippen LogP contribution in [0, 0.1) is 5.82 Å². The molecule has 2 fully saturated rings. The maximum absolute atomic E-state index is 14.3. The van der Waals surface area contributed by atoms with Crippen molar-refractivity contribution in [2.45, 2.75) is 49.8 Å². The van der Waals surface area contributed by atoms with E-state index < -0.39 is 5.60 Å². The second-order valence-electron chi connectivity index (χ2n) is 6.19. The largest absolute Gasteiger partial charge is 0.497 e. The van der Waals surface area contributed by atoms with Crippen LogP contribution >= 0.6 is 0 Å². The molecule has 2 unspecified atom stereocenters. The fraction of sp³-hybridized carbons (Fsp3) is 0.625. The van der Waals surface area contributed by atoms with E-state index in [1.807, 2.05) is 0 Å². The van der Waals surface area contributed by atoms with E-state index in [0.717, 1.165) is 12.8 Å². The maximum Gasteiger partial charge on any atom is 0.132 e. The lowest BCUT2D eigenvalue weighted by atomic mass is 9.72. The van der Waals surface area contributed by atoms with Crippen LogP contribution in [-0.2, 0) is 5.60 Å². The highest BCUT2D eigenvalue weighted by Crippen LogP contribution is 2.44. The van der Waals surface area contributed by atoms with Gasteiger partial charge in [0, 0.05) is 23.7 Å². The number of piperidine rings is 2. The SMILES string of the molecule is COc1ccc(C2(O)CC3CCCC(C2)N3C)c(F)c1. The summed E-state index contributed by atoms with van der Waals surface area (Å²) in [7, 11) is 3.64. The predicted octanol–water partition coefficient (Wildman–Crippen LogP) is 2.67. The molecule has 0 aromatic heterocycles.